The second kappa shape index (κ2) is 9.71. The Hall–Kier alpha value is -2.64. The molecule has 3 rings (SSSR count). The lowest BCUT2D eigenvalue weighted by molar-refractivity contribution is -0.274. The highest BCUT2D eigenvalue weighted by atomic mass is 32.2. The fraction of sp³-hybridized carbons (Fsp3) is 0.182. The molecule has 3 aromatic carbocycles. The predicted molar refractivity (Wildman–Crippen MR) is 106 cm³/mol. The first-order valence-electron chi connectivity index (χ1n) is 8.83. The summed E-state index contributed by atoms with van der Waals surface area (Å²) in [5.74, 6) is 0.496. The van der Waals surface area contributed by atoms with Crippen molar-refractivity contribution < 1.29 is 27.4 Å². The molecule has 0 saturated carbocycles. The van der Waals surface area contributed by atoms with Gasteiger partial charge in [0, 0.05) is 7.11 Å². The largest absolute Gasteiger partial charge is 0.573 e. The Morgan fingerprint density at radius 1 is 0.690 bits per heavy atom. The third kappa shape index (κ3) is 6.17. The van der Waals surface area contributed by atoms with E-state index in [0.717, 1.165) is 20.4 Å². The van der Waals surface area contributed by atoms with E-state index >= 15 is 0 Å². The Morgan fingerprint density at radius 3 is 1.72 bits per heavy atom. The molecule has 152 valence electrons. The minimum Gasteiger partial charge on any atom is -0.491 e. The van der Waals surface area contributed by atoms with Crippen LogP contribution in [-0.4, -0.2) is 26.7 Å². The van der Waals surface area contributed by atoms with Crippen molar-refractivity contribution in [3.63, 3.8) is 0 Å². The third-order valence-electron chi connectivity index (χ3n) is 3.89. The Morgan fingerprint density at radius 2 is 1.21 bits per heavy atom. The molecule has 0 bridgehead atoms. The number of hydrogen-bond acceptors (Lipinski definition) is 3. The maximum absolute atomic E-state index is 12.4. The molecule has 1 unspecified atom stereocenters. The zero-order chi connectivity index (χ0) is 20.7. The molecule has 0 amide bonds. The number of alkyl halides is 3. The molecule has 0 aliphatic rings. The van der Waals surface area contributed by atoms with E-state index in [2.05, 4.69) is 4.74 Å². The molecule has 0 radical (unpaired) electrons. The van der Waals surface area contributed by atoms with Crippen molar-refractivity contribution in [3.8, 4) is 11.5 Å². The Labute approximate surface area is 170 Å². The molecule has 0 aromatic heterocycles. The molecule has 3 aromatic rings. The average Bonchev–Trinajstić information content (AvgIpc) is 2.71. The minimum absolute atomic E-state index is 0.236. The van der Waals surface area contributed by atoms with E-state index in [1.54, 1.807) is 19.2 Å². The third-order valence-corrected chi connectivity index (χ3v) is 6.12. The van der Waals surface area contributed by atoms with Crippen molar-refractivity contribution in [2.75, 3.05) is 20.3 Å². The van der Waals surface area contributed by atoms with Gasteiger partial charge in [-0.25, -0.2) is 0 Å². The number of methoxy groups -OCH3 is 1. The van der Waals surface area contributed by atoms with Crippen LogP contribution in [-0.2, 0) is 15.6 Å². The van der Waals surface area contributed by atoms with Crippen molar-refractivity contribution >= 4 is 10.9 Å². The Kier molecular flexibility index (Phi) is 7.06. The fourth-order valence-corrected chi connectivity index (χ4v) is 4.72. The molecule has 7 heteroatoms. The van der Waals surface area contributed by atoms with Gasteiger partial charge in [-0.1, -0.05) is 18.2 Å². The summed E-state index contributed by atoms with van der Waals surface area (Å²) in [5.41, 5.74) is 0. The van der Waals surface area contributed by atoms with Crippen LogP contribution in [0, 0.1) is 0 Å². The fourth-order valence-electron chi connectivity index (χ4n) is 2.66. The van der Waals surface area contributed by atoms with Gasteiger partial charge in [0.2, 0.25) is 0 Å². The van der Waals surface area contributed by atoms with Crippen molar-refractivity contribution in [1.82, 2.24) is 0 Å². The van der Waals surface area contributed by atoms with E-state index in [9.17, 15) is 13.2 Å². The minimum atomic E-state index is -4.71. The summed E-state index contributed by atoms with van der Waals surface area (Å²) < 4.78 is 51.9. The predicted octanol–water partition coefficient (Wildman–Crippen LogP) is 5.71. The zero-order valence-corrected chi connectivity index (χ0v) is 16.5. The van der Waals surface area contributed by atoms with Crippen LogP contribution in [0.2, 0.25) is 0 Å². The normalized spacial score (nSPS) is 12.4. The van der Waals surface area contributed by atoms with Gasteiger partial charge in [0.1, 0.15) is 18.1 Å². The van der Waals surface area contributed by atoms with Crippen LogP contribution < -0.4 is 9.47 Å². The molecule has 3 nitrogen and oxygen atoms in total. The first-order chi connectivity index (χ1) is 14.0. The van der Waals surface area contributed by atoms with Gasteiger partial charge in [-0.15, -0.1) is 13.2 Å². The molecule has 0 aliphatic carbocycles. The van der Waals surface area contributed by atoms with Crippen molar-refractivity contribution in [3.05, 3.63) is 78.9 Å². The van der Waals surface area contributed by atoms with Crippen LogP contribution in [0.5, 0.6) is 11.5 Å². The first kappa shape index (κ1) is 21.1. The van der Waals surface area contributed by atoms with Gasteiger partial charge in [0.15, 0.2) is 14.7 Å². The smallest absolute Gasteiger partial charge is 0.491 e. The van der Waals surface area contributed by atoms with Crippen molar-refractivity contribution in [2.45, 2.75) is 21.0 Å². The van der Waals surface area contributed by atoms with E-state index in [1.165, 1.54) is 12.1 Å². The SMILES string of the molecule is COCCOc1ccc([S+](c2ccccc2)c2ccc(OC(F)(F)F)cc2)cc1. The molecule has 0 spiro atoms. The van der Waals surface area contributed by atoms with E-state index < -0.39 is 17.3 Å². The highest BCUT2D eigenvalue weighted by molar-refractivity contribution is 7.97. The molecular formula is C22H20F3O3S+. The van der Waals surface area contributed by atoms with E-state index in [4.69, 9.17) is 9.47 Å². The maximum atomic E-state index is 12.4. The summed E-state index contributed by atoms with van der Waals surface area (Å²) in [6, 6.07) is 23.6. The van der Waals surface area contributed by atoms with Crippen molar-refractivity contribution in [1.29, 1.82) is 0 Å². The second-order valence-electron chi connectivity index (χ2n) is 5.95. The lowest BCUT2D eigenvalue weighted by Gasteiger charge is -2.11. The van der Waals surface area contributed by atoms with Crippen LogP contribution in [0.3, 0.4) is 0 Å². The van der Waals surface area contributed by atoms with Crippen LogP contribution in [0.25, 0.3) is 0 Å². The monoisotopic (exact) mass is 421 g/mol. The number of ether oxygens (including phenoxy) is 3. The first-order valence-corrected chi connectivity index (χ1v) is 10.1. The lowest BCUT2D eigenvalue weighted by atomic mass is 10.3. The molecule has 0 fully saturated rings. The highest BCUT2D eigenvalue weighted by Crippen LogP contribution is 2.33. The summed E-state index contributed by atoms with van der Waals surface area (Å²) in [4.78, 5) is 2.98. The number of rotatable bonds is 8. The van der Waals surface area contributed by atoms with Crippen LogP contribution in [0.15, 0.2) is 93.5 Å². The van der Waals surface area contributed by atoms with Gasteiger partial charge in [0.05, 0.1) is 17.5 Å². The number of halogens is 3. The standard InChI is InChI=1S/C22H20F3O3S/c1-26-15-16-27-17-7-11-20(12-8-17)29(19-5-3-2-4-6-19)21-13-9-18(10-14-21)28-22(23,24)25/h2-14H,15-16H2,1H3/q+1. The van der Waals surface area contributed by atoms with Crippen LogP contribution in [0.4, 0.5) is 13.2 Å². The summed E-state index contributed by atoms with van der Waals surface area (Å²) in [6.07, 6.45) is -4.71. The Bertz CT molecular complexity index is 882. The topological polar surface area (TPSA) is 27.7 Å². The summed E-state index contributed by atoms with van der Waals surface area (Å²) in [7, 11) is 1.14. The summed E-state index contributed by atoms with van der Waals surface area (Å²) in [5, 5.41) is 0. The maximum Gasteiger partial charge on any atom is 0.573 e. The van der Waals surface area contributed by atoms with Gasteiger partial charge in [-0.3, -0.25) is 0 Å². The van der Waals surface area contributed by atoms with Crippen molar-refractivity contribution in [2.24, 2.45) is 0 Å². The van der Waals surface area contributed by atoms with Gasteiger partial charge >= 0.3 is 6.36 Å². The zero-order valence-electron chi connectivity index (χ0n) is 15.7. The van der Waals surface area contributed by atoms with Crippen LogP contribution in [0.1, 0.15) is 0 Å². The van der Waals surface area contributed by atoms with E-state index in [1.807, 2.05) is 54.6 Å². The average molecular weight is 421 g/mol. The van der Waals surface area contributed by atoms with E-state index in [-0.39, 0.29) is 5.75 Å². The molecule has 0 N–H and O–H groups in total. The molecule has 1 atom stereocenters. The second-order valence-corrected chi connectivity index (χ2v) is 7.98. The number of benzene rings is 3. The summed E-state index contributed by atoms with van der Waals surface area (Å²) >= 11 is 0. The van der Waals surface area contributed by atoms with E-state index in [0.29, 0.717) is 13.2 Å². The molecule has 0 aliphatic heterocycles. The highest BCUT2D eigenvalue weighted by Gasteiger charge is 2.32. The summed E-state index contributed by atoms with van der Waals surface area (Å²) in [6.45, 7) is 0.962. The van der Waals surface area contributed by atoms with Gasteiger partial charge in [-0.05, 0) is 60.7 Å². The quantitative estimate of drug-likeness (QED) is 0.345. The molecule has 0 saturated heterocycles. The lowest BCUT2D eigenvalue weighted by Crippen LogP contribution is -2.17. The van der Waals surface area contributed by atoms with Gasteiger partial charge < -0.3 is 14.2 Å². The van der Waals surface area contributed by atoms with Crippen LogP contribution >= 0.6 is 0 Å². The van der Waals surface area contributed by atoms with Gasteiger partial charge in [0.25, 0.3) is 0 Å². The molecule has 0 heterocycles. The molecular weight excluding hydrogens is 401 g/mol. The number of hydrogen-bond donors (Lipinski definition) is 0. The molecule has 29 heavy (non-hydrogen) atoms. The Balaban J connectivity index is 1.88. The van der Waals surface area contributed by atoms with Gasteiger partial charge in [-0.2, -0.15) is 0 Å².